The third-order valence-corrected chi connectivity index (χ3v) is 4.90. The van der Waals surface area contributed by atoms with Crippen LogP contribution in [0.25, 0.3) is 0 Å². The van der Waals surface area contributed by atoms with Crippen LogP contribution in [0, 0.1) is 0 Å². The average Bonchev–Trinajstić information content (AvgIpc) is 2.24. The molecule has 0 saturated carbocycles. The fourth-order valence-electron chi connectivity index (χ4n) is 1.40. The van der Waals surface area contributed by atoms with Crippen molar-refractivity contribution in [2.24, 2.45) is 0 Å². The van der Waals surface area contributed by atoms with E-state index < -0.39 is 37.1 Å². The maximum absolute atomic E-state index is 11.8. The monoisotopic (exact) mass is 344 g/mol. The molecule has 1 aromatic carbocycles. The Hall–Kier alpha value is -0.120. The second-order valence-electron chi connectivity index (χ2n) is 5.27. The van der Waals surface area contributed by atoms with E-state index in [9.17, 15) is 21.4 Å². The molecule has 0 heterocycles. The maximum Gasteiger partial charge on any atom is 1.00 e. The van der Waals surface area contributed by atoms with Crippen LogP contribution in [0.1, 0.15) is 20.8 Å². The van der Waals surface area contributed by atoms with Crippen LogP contribution >= 0.6 is 0 Å². The summed E-state index contributed by atoms with van der Waals surface area (Å²) in [6.45, 7) is 5.57. The van der Waals surface area contributed by atoms with E-state index in [1.807, 2.05) is 20.8 Å². The minimum atomic E-state index is -4.55. The molecule has 0 unspecified atom stereocenters. The van der Waals surface area contributed by atoms with Gasteiger partial charge in [0.2, 0.25) is 0 Å². The number of benzene rings is 1. The van der Waals surface area contributed by atoms with E-state index in [1.165, 1.54) is 24.3 Å². The summed E-state index contributed by atoms with van der Waals surface area (Å²) < 4.78 is 60.6. The standard InChI is InChI=1S/C12H18O6S2.Na/c1-12(2,3)18-10-4-6-11(7-5-10)19(13,14)8-9-20(15,16)17;/h4-7H,8-9H2,1-3H3,(H,15,16,17);/q;+1/p-1. The number of ether oxygens (including phenoxy) is 1. The van der Waals surface area contributed by atoms with Crippen LogP contribution in [-0.2, 0) is 20.0 Å². The van der Waals surface area contributed by atoms with Gasteiger partial charge >= 0.3 is 29.6 Å². The predicted octanol–water partition coefficient (Wildman–Crippen LogP) is -1.81. The van der Waals surface area contributed by atoms with Crippen LogP contribution in [0.2, 0.25) is 0 Å². The zero-order chi connectivity index (χ0) is 15.6. The van der Waals surface area contributed by atoms with Gasteiger partial charge in [-0.25, -0.2) is 16.8 Å². The van der Waals surface area contributed by atoms with E-state index in [4.69, 9.17) is 4.74 Å². The minimum Gasteiger partial charge on any atom is -0.748 e. The summed E-state index contributed by atoms with van der Waals surface area (Å²) in [6, 6.07) is 5.63. The molecular weight excluding hydrogens is 327 g/mol. The molecule has 1 aromatic rings. The topological polar surface area (TPSA) is 101 Å². The predicted molar refractivity (Wildman–Crippen MR) is 73.4 cm³/mol. The van der Waals surface area contributed by atoms with Crippen molar-refractivity contribution in [1.82, 2.24) is 0 Å². The summed E-state index contributed by atoms with van der Waals surface area (Å²) >= 11 is 0. The second kappa shape index (κ2) is 7.43. The number of hydrogen-bond acceptors (Lipinski definition) is 6. The van der Waals surface area contributed by atoms with Gasteiger partial charge in [0, 0.05) is 0 Å². The first-order valence-corrected chi connectivity index (χ1v) is 9.07. The SMILES string of the molecule is CC(C)(C)Oc1ccc(S(=O)(=O)CCS(=O)(=O)[O-])cc1.[Na+]. The Bertz CT molecular complexity index is 657. The summed E-state index contributed by atoms with van der Waals surface area (Å²) in [5, 5.41) is 0. The van der Waals surface area contributed by atoms with Crippen LogP contribution in [0.15, 0.2) is 29.2 Å². The maximum atomic E-state index is 11.8. The van der Waals surface area contributed by atoms with Gasteiger partial charge in [-0.15, -0.1) is 0 Å². The smallest absolute Gasteiger partial charge is 0.748 e. The zero-order valence-electron chi connectivity index (χ0n) is 12.5. The van der Waals surface area contributed by atoms with Crippen molar-refractivity contribution >= 4 is 20.0 Å². The van der Waals surface area contributed by atoms with E-state index in [-0.39, 0.29) is 34.5 Å². The van der Waals surface area contributed by atoms with Crippen molar-refractivity contribution in [1.29, 1.82) is 0 Å². The first-order valence-electron chi connectivity index (χ1n) is 5.84. The number of sulfone groups is 1. The molecule has 0 saturated heterocycles. The molecular formula is C12H17NaO6S2. The fraction of sp³-hybridized carbons (Fsp3) is 0.500. The van der Waals surface area contributed by atoms with Crippen molar-refractivity contribution in [2.45, 2.75) is 31.3 Å². The van der Waals surface area contributed by atoms with E-state index in [2.05, 4.69) is 0 Å². The minimum absolute atomic E-state index is 0. The number of hydrogen-bond donors (Lipinski definition) is 0. The van der Waals surface area contributed by atoms with Crippen molar-refractivity contribution < 1.29 is 55.7 Å². The van der Waals surface area contributed by atoms with Crippen molar-refractivity contribution in [3.63, 3.8) is 0 Å². The van der Waals surface area contributed by atoms with Gasteiger partial charge in [0.15, 0.2) is 9.84 Å². The van der Waals surface area contributed by atoms with Gasteiger partial charge in [-0.1, -0.05) is 0 Å². The molecule has 0 N–H and O–H groups in total. The molecule has 0 spiro atoms. The summed E-state index contributed by atoms with van der Waals surface area (Å²) in [5.74, 6) is -1.15. The van der Waals surface area contributed by atoms with Crippen LogP contribution in [-0.4, -0.2) is 38.5 Å². The van der Waals surface area contributed by atoms with Crippen LogP contribution in [0.4, 0.5) is 0 Å². The molecule has 6 nitrogen and oxygen atoms in total. The molecule has 0 aliphatic carbocycles. The van der Waals surface area contributed by atoms with E-state index >= 15 is 0 Å². The van der Waals surface area contributed by atoms with Gasteiger partial charge in [0.25, 0.3) is 0 Å². The molecule has 0 aliphatic heterocycles. The molecule has 0 fully saturated rings. The molecule has 0 amide bonds. The largest absolute Gasteiger partial charge is 1.00 e. The Morgan fingerprint density at radius 2 is 1.48 bits per heavy atom. The molecule has 0 aromatic heterocycles. The Morgan fingerprint density at radius 1 is 1.00 bits per heavy atom. The first-order chi connectivity index (χ1) is 8.89. The molecule has 114 valence electrons. The average molecular weight is 344 g/mol. The normalized spacial score (nSPS) is 12.6. The quantitative estimate of drug-likeness (QED) is 0.461. The number of rotatable bonds is 5. The molecule has 1 rings (SSSR count). The van der Waals surface area contributed by atoms with Crippen molar-refractivity contribution in [3.8, 4) is 5.75 Å². The van der Waals surface area contributed by atoms with Crippen molar-refractivity contribution in [2.75, 3.05) is 11.5 Å². The fourth-order valence-corrected chi connectivity index (χ4v) is 3.88. The Morgan fingerprint density at radius 3 is 1.86 bits per heavy atom. The Kier molecular flexibility index (Phi) is 7.39. The summed E-state index contributed by atoms with van der Waals surface area (Å²) in [6.07, 6.45) is 0. The first kappa shape index (κ1) is 20.9. The molecule has 21 heavy (non-hydrogen) atoms. The van der Waals surface area contributed by atoms with E-state index in [0.29, 0.717) is 5.75 Å². The van der Waals surface area contributed by atoms with Crippen LogP contribution < -0.4 is 34.3 Å². The molecule has 0 atom stereocenters. The Labute approximate surface area is 147 Å². The summed E-state index contributed by atoms with van der Waals surface area (Å²) in [7, 11) is -8.34. The second-order valence-corrected chi connectivity index (χ2v) is 8.90. The molecule has 0 radical (unpaired) electrons. The van der Waals surface area contributed by atoms with Gasteiger partial charge in [-0.05, 0) is 45.0 Å². The van der Waals surface area contributed by atoms with Gasteiger partial charge in [0.1, 0.15) is 11.4 Å². The molecule has 0 aliphatic rings. The molecule has 0 bridgehead atoms. The van der Waals surface area contributed by atoms with Crippen LogP contribution in [0.5, 0.6) is 5.75 Å². The van der Waals surface area contributed by atoms with Gasteiger partial charge in [-0.2, -0.15) is 0 Å². The summed E-state index contributed by atoms with van der Waals surface area (Å²) in [4.78, 5) is -0.0394. The van der Waals surface area contributed by atoms with Crippen molar-refractivity contribution in [3.05, 3.63) is 24.3 Å². The van der Waals surface area contributed by atoms with Gasteiger partial charge in [0.05, 0.1) is 26.5 Å². The van der Waals surface area contributed by atoms with Gasteiger partial charge < -0.3 is 9.29 Å². The third kappa shape index (κ3) is 8.18. The summed E-state index contributed by atoms with van der Waals surface area (Å²) in [5.41, 5.74) is -0.406. The van der Waals surface area contributed by atoms with E-state index in [1.54, 1.807) is 0 Å². The molecule has 9 heteroatoms. The van der Waals surface area contributed by atoms with E-state index in [0.717, 1.165) is 0 Å². The van der Waals surface area contributed by atoms with Gasteiger partial charge in [-0.3, -0.25) is 0 Å². The third-order valence-electron chi connectivity index (χ3n) is 2.21. The Balaban J connectivity index is 0.00000400. The van der Waals surface area contributed by atoms with Crippen LogP contribution in [0.3, 0.4) is 0 Å². The zero-order valence-corrected chi connectivity index (χ0v) is 16.1.